The van der Waals surface area contributed by atoms with E-state index < -0.39 is 15.9 Å². The van der Waals surface area contributed by atoms with E-state index in [1.165, 1.54) is 29.6 Å². The summed E-state index contributed by atoms with van der Waals surface area (Å²) in [6.45, 7) is 2.99. The van der Waals surface area contributed by atoms with E-state index in [1.54, 1.807) is 31.2 Å². The maximum Gasteiger partial charge on any atom is 0.310 e. The van der Waals surface area contributed by atoms with Gasteiger partial charge in [0.25, 0.3) is 5.91 Å². The Labute approximate surface area is 182 Å². The third-order valence-corrected chi connectivity index (χ3v) is 6.89. The molecular formula is C22H26N2O6S. The van der Waals surface area contributed by atoms with E-state index in [1.807, 2.05) is 0 Å². The van der Waals surface area contributed by atoms with E-state index in [9.17, 15) is 18.0 Å². The van der Waals surface area contributed by atoms with Gasteiger partial charge in [0.2, 0.25) is 10.0 Å². The van der Waals surface area contributed by atoms with Crippen LogP contribution in [0.15, 0.2) is 47.4 Å². The molecule has 0 unspecified atom stereocenters. The lowest BCUT2D eigenvalue weighted by Crippen LogP contribution is -2.28. The Hall–Kier alpha value is -2.91. The van der Waals surface area contributed by atoms with Crippen LogP contribution in [0.4, 0.5) is 5.69 Å². The molecule has 0 radical (unpaired) electrons. The Morgan fingerprint density at radius 2 is 1.74 bits per heavy atom. The van der Waals surface area contributed by atoms with E-state index in [0.717, 1.165) is 18.4 Å². The Morgan fingerprint density at radius 1 is 1.06 bits per heavy atom. The Balaban J connectivity index is 1.77. The van der Waals surface area contributed by atoms with E-state index in [2.05, 4.69) is 5.32 Å². The number of amides is 1. The second kappa shape index (κ2) is 9.93. The summed E-state index contributed by atoms with van der Waals surface area (Å²) in [6.07, 6.45) is 1.78. The number of methoxy groups -OCH3 is 1. The van der Waals surface area contributed by atoms with E-state index in [4.69, 9.17) is 9.47 Å². The van der Waals surface area contributed by atoms with Crippen molar-refractivity contribution in [3.63, 3.8) is 0 Å². The number of carbonyl (C=O) groups is 2. The number of sulfonamides is 1. The summed E-state index contributed by atoms with van der Waals surface area (Å²) in [5, 5.41) is 2.75. The monoisotopic (exact) mass is 446 g/mol. The Bertz CT molecular complexity index is 1040. The first-order valence-corrected chi connectivity index (χ1v) is 11.5. The summed E-state index contributed by atoms with van der Waals surface area (Å²) in [6, 6.07) is 11.2. The average Bonchev–Trinajstić information content (AvgIpc) is 3.30. The van der Waals surface area contributed by atoms with Crippen LogP contribution in [-0.2, 0) is 26.0 Å². The van der Waals surface area contributed by atoms with Crippen LogP contribution in [0.2, 0.25) is 0 Å². The quantitative estimate of drug-likeness (QED) is 0.626. The SMILES string of the molecule is CCOC(=O)Cc1ccc(NC(=O)c2ccc(OC)c(S(=O)(=O)N3CCCC3)c2)cc1. The third kappa shape index (κ3) is 5.42. The van der Waals surface area contributed by atoms with E-state index in [0.29, 0.717) is 25.4 Å². The van der Waals surface area contributed by atoms with E-state index >= 15 is 0 Å². The first kappa shape index (κ1) is 22.8. The minimum Gasteiger partial charge on any atom is -0.495 e. The molecule has 166 valence electrons. The number of ether oxygens (including phenoxy) is 2. The number of benzene rings is 2. The smallest absolute Gasteiger partial charge is 0.310 e. The van der Waals surface area contributed by atoms with Gasteiger partial charge in [-0.1, -0.05) is 12.1 Å². The van der Waals surface area contributed by atoms with Crippen LogP contribution in [0.1, 0.15) is 35.7 Å². The zero-order valence-corrected chi connectivity index (χ0v) is 18.4. The first-order valence-electron chi connectivity index (χ1n) is 10.1. The number of hydrogen-bond donors (Lipinski definition) is 1. The molecule has 0 saturated carbocycles. The predicted molar refractivity (Wildman–Crippen MR) is 116 cm³/mol. The molecule has 0 bridgehead atoms. The summed E-state index contributed by atoms with van der Waals surface area (Å²) < 4.78 is 37.6. The van der Waals surface area contributed by atoms with Gasteiger partial charge in [-0.2, -0.15) is 4.31 Å². The molecule has 0 spiro atoms. The van der Waals surface area contributed by atoms with Gasteiger partial charge in [0, 0.05) is 24.3 Å². The second-order valence-electron chi connectivity index (χ2n) is 7.11. The molecule has 3 rings (SSSR count). The van der Waals surface area contributed by atoms with Crippen molar-refractivity contribution in [3.8, 4) is 5.75 Å². The van der Waals surface area contributed by atoms with Crippen LogP contribution in [0, 0.1) is 0 Å². The van der Waals surface area contributed by atoms with Crippen LogP contribution in [-0.4, -0.2) is 51.4 Å². The molecule has 31 heavy (non-hydrogen) atoms. The lowest BCUT2D eigenvalue weighted by atomic mass is 10.1. The average molecular weight is 447 g/mol. The first-order chi connectivity index (χ1) is 14.8. The highest BCUT2D eigenvalue weighted by Gasteiger charge is 2.30. The number of hydrogen-bond acceptors (Lipinski definition) is 6. The molecule has 0 aliphatic carbocycles. The van der Waals surface area contributed by atoms with Gasteiger partial charge >= 0.3 is 5.97 Å². The van der Waals surface area contributed by atoms with Gasteiger partial charge in [-0.25, -0.2) is 8.42 Å². The van der Waals surface area contributed by atoms with Crippen molar-refractivity contribution >= 4 is 27.6 Å². The van der Waals surface area contributed by atoms with Gasteiger partial charge in [0.15, 0.2) is 0 Å². The molecule has 0 atom stereocenters. The van der Waals surface area contributed by atoms with Gasteiger partial charge in [-0.05, 0) is 55.7 Å². The zero-order valence-electron chi connectivity index (χ0n) is 17.6. The summed E-state index contributed by atoms with van der Waals surface area (Å²) in [4.78, 5) is 24.3. The Morgan fingerprint density at radius 3 is 2.35 bits per heavy atom. The van der Waals surface area contributed by atoms with Crippen LogP contribution in [0.5, 0.6) is 5.75 Å². The molecule has 0 aromatic heterocycles. The molecule has 1 aliphatic rings. The van der Waals surface area contributed by atoms with Crippen molar-refractivity contribution < 1.29 is 27.5 Å². The lowest BCUT2D eigenvalue weighted by Gasteiger charge is -2.18. The number of anilines is 1. The second-order valence-corrected chi connectivity index (χ2v) is 9.02. The van der Waals surface area contributed by atoms with Crippen molar-refractivity contribution in [3.05, 3.63) is 53.6 Å². The van der Waals surface area contributed by atoms with Crippen molar-refractivity contribution in [2.75, 3.05) is 32.1 Å². The van der Waals surface area contributed by atoms with Crippen LogP contribution < -0.4 is 10.1 Å². The highest BCUT2D eigenvalue weighted by Crippen LogP contribution is 2.30. The largest absolute Gasteiger partial charge is 0.495 e. The number of nitrogens with one attached hydrogen (secondary N) is 1. The highest BCUT2D eigenvalue weighted by atomic mass is 32.2. The molecule has 1 aliphatic heterocycles. The van der Waals surface area contributed by atoms with Crippen molar-refractivity contribution in [2.24, 2.45) is 0 Å². The number of rotatable bonds is 8. The van der Waals surface area contributed by atoms with Crippen LogP contribution >= 0.6 is 0 Å². The molecule has 9 heteroatoms. The topological polar surface area (TPSA) is 102 Å². The fraction of sp³-hybridized carbons (Fsp3) is 0.364. The van der Waals surface area contributed by atoms with Crippen molar-refractivity contribution in [1.82, 2.24) is 4.31 Å². The summed E-state index contributed by atoms with van der Waals surface area (Å²) in [5.41, 5.74) is 1.49. The minimum absolute atomic E-state index is 0.0191. The highest BCUT2D eigenvalue weighted by molar-refractivity contribution is 7.89. The molecule has 1 heterocycles. The summed E-state index contributed by atoms with van der Waals surface area (Å²) in [5.74, 6) is -0.560. The molecule has 2 aromatic carbocycles. The van der Waals surface area contributed by atoms with Crippen molar-refractivity contribution in [1.29, 1.82) is 0 Å². The molecule has 1 N–H and O–H groups in total. The zero-order chi connectivity index (χ0) is 22.4. The lowest BCUT2D eigenvalue weighted by molar-refractivity contribution is -0.142. The van der Waals surface area contributed by atoms with Gasteiger partial charge < -0.3 is 14.8 Å². The van der Waals surface area contributed by atoms with Crippen LogP contribution in [0.3, 0.4) is 0 Å². The number of nitrogens with zero attached hydrogens (tertiary/aromatic N) is 1. The third-order valence-electron chi connectivity index (χ3n) is 4.97. The Kier molecular flexibility index (Phi) is 7.29. The fourth-order valence-corrected chi connectivity index (χ4v) is 5.07. The molecule has 1 saturated heterocycles. The van der Waals surface area contributed by atoms with Crippen LogP contribution in [0.25, 0.3) is 0 Å². The molecule has 1 fully saturated rings. The normalized spacial score (nSPS) is 14.3. The maximum atomic E-state index is 13.0. The number of esters is 1. The van der Waals surface area contributed by atoms with E-state index in [-0.39, 0.29) is 28.6 Å². The predicted octanol–water partition coefficient (Wildman–Crippen LogP) is 2.84. The number of carbonyl (C=O) groups excluding carboxylic acids is 2. The summed E-state index contributed by atoms with van der Waals surface area (Å²) >= 11 is 0. The molecule has 8 nitrogen and oxygen atoms in total. The summed E-state index contributed by atoms with van der Waals surface area (Å²) in [7, 11) is -2.35. The van der Waals surface area contributed by atoms with Gasteiger partial charge in [-0.15, -0.1) is 0 Å². The molecule has 1 amide bonds. The minimum atomic E-state index is -3.75. The maximum absolute atomic E-state index is 13.0. The van der Waals surface area contributed by atoms with Gasteiger partial charge in [0.05, 0.1) is 20.1 Å². The van der Waals surface area contributed by atoms with Gasteiger partial charge in [0.1, 0.15) is 10.6 Å². The molecular weight excluding hydrogens is 420 g/mol. The standard InChI is InChI=1S/C22H26N2O6S/c1-3-30-21(25)14-16-6-9-18(10-7-16)23-22(26)17-8-11-19(29-2)20(15-17)31(27,28)24-12-4-5-13-24/h6-11,15H,3-5,12-14H2,1-2H3,(H,23,26). The molecule has 2 aromatic rings. The van der Waals surface area contributed by atoms with Gasteiger partial charge in [-0.3, -0.25) is 9.59 Å². The fourth-order valence-electron chi connectivity index (χ4n) is 3.37. The van der Waals surface area contributed by atoms with Crippen molar-refractivity contribution in [2.45, 2.75) is 31.1 Å².